The molecule has 0 aromatic heterocycles. The molecule has 7 atom stereocenters. The number of hydrogen-bond donors (Lipinski definition) is 6. The number of carbonyl (C=O) groups excluding carboxylic acids is 1. The van der Waals surface area contributed by atoms with Crippen LogP contribution in [0.25, 0.3) is 0 Å². The number of amides is 1. The molecule has 0 aromatic rings. The molecule has 0 bridgehead atoms. The van der Waals surface area contributed by atoms with Crippen LogP contribution in [0.4, 0.5) is 0 Å². The maximum Gasteiger partial charge on any atom is 0.220 e. The second kappa shape index (κ2) is 50.2. The third-order valence-electron chi connectivity index (χ3n) is 13.5. The first kappa shape index (κ1) is 65.6. The molecule has 0 spiro atoms. The SMILES string of the molecule is CC/C=C\C/C=C\C/C=C\C/C=C\CCCCCCCCCCCCCCCCCCCCCCC(=O)NC(COC1OC(CO)C(O)C(O)C1O)C(O)/C=C/CC/C=C/CCCCCCCCCC. The Hall–Kier alpha value is -2.37. The van der Waals surface area contributed by atoms with E-state index in [1.807, 2.05) is 6.08 Å². The maximum absolute atomic E-state index is 13.0. The fourth-order valence-corrected chi connectivity index (χ4v) is 8.93. The first-order valence-corrected chi connectivity index (χ1v) is 29.2. The third-order valence-corrected chi connectivity index (χ3v) is 13.5. The van der Waals surface area contributed by atoms with Gasteiger partial charge in [-0.3, -0.25) is 4.79 Å². The summed E-state index contributed by atoms with van der Waals surface area (Å²) in [5, 5.41) is 54.4. The first-order valence-electron chi connectivity index (χ1n) is 29.2. The van der Waals surface area contributed by atoms with E-state index in [2.05, 4.69) is 79.9 Å². The topological polar surface area (TPSA) is 149 Å². The molecule has 6 N–H and O–H groups in total. The molecule has 1 aliphatic rings. The second-order valence-electron chi connectivity index (χ2n) is 20.0. The van der Waals surface area contributed by atoms with E-state index in [4.69, 9.17) is 9.47 Å². The number of aliphatic hydroxyl groups excluding tert-OH is 5. The van der Waals surface area contributed by atoms with Gasteiger partial charge in [-0.05, 0) is 70.6 Å². The van der Waals surface area contributed by atoms with Crippen LogP contribution in [0.15, 0.2) is 72.9 Å². The molecule has 0 aromatic carbocycles. The Bertz CT molecular complexity index is 1330. The largest absolute Gasteiger partial charge is 0.394 e. The maximum atomic E-state index is 13.0. The lowest BCUT2D eigenvalue weighted by Gasteiger charge is -2.40. The summed E-state index contributed by atoms with van der Waals surface area (Å²) in [6, 6.07) is -0.822. The number of aliphatic hydroxyl groups is 5. The molecule has 70 heavy (non-hydrogen) atoms. The van der Waals surface area contributed by atoms with Crippen LogP contribution < -0.4 is 5.32 Å². The highest BCUT2D eigenvalue weighted by atomic mass is 16.7. The minimum Gasteiger partial charge on any atom is -0.394 e. The van der Waals surface area contributed by atoms with Crippen LogP contribution in [-0.2, 0) is 14.3 Å². The summed E-state index contributed by atoms with van der Waals surface area (Å²) in [5.41, 5.74) is 0. The fraction of sp³-hybridized carbons (Fsp3) is 0.787. The van der Waals surface area contributed by atoms with Crippen LogP contribution in [0.1, 0.15) is 251 Å². The molecule has 0 radical (unpaired) electrons. The van der Waals surface area contributed by atoms with Crippen molar-refractivity contribution in [1.29, 1.82) is 0 Å². The van der Waals surface area contributed by atoms with Gasteiger partial charge in [-0.15, -0.1) is 0 Å². The summed E-state index contributed by atoms with van der Waals surface area (Å²) in [6.07, 6.45) is 62.7. The standard InChI is InChI=1S/C61H109NO8/c1-3-5-7-9-11-13-15-17-19-20-21-22-23-24-25-26-27-28-29-30-31-32-33-34-35-36-37-39-41-43-45-47-49-51-57(65)62-54(53-69-61-60(68)59(67)58(66)56(52-63)70-61)55(64)50-48-46-44-42-40-38-18-16-14-12-10-8-6-4-2/h5,7,11,13,17,19,21-22,40,42,48,50,54-56,58-61,63-64,66-68H,3-4,6,8-10,12,14-16,18,20,23-39,41,43-47,49,51-53H2,1-2H3,(H,62,65)/b7-5-,13-11-,19-17-,22-21-,42-40+,50-48+. The van der Waals surface area contributed by atoms with E-state index >= 15 is 0 Å². The van der Waals surface area contributed by atoms with Crippen LogP contribution in [0.2, 0.25) is 0 Å². The predicted octanol–water partition coefficient (Wildman–Crippen LogP) is 14.5. The van der Waals surface area contributed by atoms with Crippen LogP contribution in [0, 0.1) is 0 Å². The summed E-state index contributed by atoms with van der Waals surface area (Å²) >= 11 is 0. The molecule has 1 heterocycles. The monoisotopic (exact) mass is 984 g/mol. The Morgan fingerprint density at radius 2 is 0.900 bits per heavy atom. The normalized spacial score (nSPS) is 19.9. The Balaban J connectivity index is 2.13. The van der Waals surface area contributed by atoms with Crippen LogP contribution >= 0.6 is 0 Å². The molecule has 406 valence electrons. The molecular formula is C61H109NO8. The van der Waals surface area contributed by atoms with Gasteiger partial charge in [-0.25, -0.2) is 0 Å². The van der Waals surface area contributed by atoms with E-state index in [0.29, 0.717) is 6.42 Å². The first-order chi connectivity index (χ1) is 34.3. The van der Waals surface area contributed by atoms with Crippen molar-refractivity contribution in [2.75, 3.05) is 13.2 Å². The average Bonchev–Trinajstić information content (AvgIpc) is 3.36. The van der Waals surface area contributed by atoms with Gasteiger partial charge in [0.25, 0.3) is 0 Å². The van der Waals surface area contributed by atoms with Gasteiger partial charge in [0.1, 0.15) is 24.4 Å². The number of nitrogens with one attached hydrogen (secondary N) is 1. The lowest BCUT2D eigenvalue weighted by Crippen LogP contribution is -2.60. The van der Waals surface area contributed by atoms with Crippen molar-refractivity contribution >= 4 is 5.91 Å². The number of allylic oxidation sites excluding steroid dienone is 11. The molecule has 1 fully saturated rings. The summed E-state index contributed by atoms with van der Waals surface area (Å²) in [7, 11) is 0. The van der Waals surface area contributed by atoms with E-state index in [0.717, 1.165) is 64.2 Å². The van der Waals surface area contributed by atoms with Gasteiger partial charge in [0.2, 0.25) is 5.91 Å². The van der Waals surface area contributed by atoms with Gasteiger partial charge in [0.15, 0.2) is 6.29 Å². The molecule has 0 saturated carbocycles. The fourth-order valence-electron chi connectivity index (χ4n) is 8.93. The molecule has 9 nitrogen and oxygen atoms in total. The highest BCUT2D eigenvalue weighted by Crippen LogP contribution is 2.23. The summed E-state index contributed by atoms with van der Waals surface area (Å²) < 4.78 is 11.2. The molecule has 0 aliphatic carbocycles. The van der Waals surface area contributed by atoms with Crippen LogP contribution in [-0.4, -0.2) is 87.5 Å². The summed E-state index contributed by atoms with van der Waals surface area (Å²) in [6.45, 7) is 3.65. The minimum absolute atomic E-state index is 0.186. The zero-order valence-electron chi connectivity index (χ0n) is 45.0. The smallest absolute Gasteiger partial charge is 0.220 e. The summed E-state index contributed by atoms with van der Waals surface area (Å²) in [5.74, 6) is -0.186. The molecule has 7 unspecified atom stereocenters. The van der Waals surface area contributed by atoms with E-state index in [-0.39, 0.29) is 12.5 Å². The van der Waals surface area contributed by atoms with E-state index in [1.54, 1.807) is 6.08 Å². The molecule has 9 heteroatoms. The molecule has 1 saturated heterocycles. The third kappa shape index (κ3) is 39.2. The number of unbranched alkanes of at least 4 members (excludes halogenated alkanes) is 29. The number of hydrogen-bond acceptors (Lipinski definition) is 8. The van der Waals surface area contributed by atoms with Crippen molar-refractivity contribution in [2.45, 2.75) is 294 Å². The highest BCUT2D eigenvalue weighted by Gasteiger charge is 2.44. The molecule has 1 amide bonds. The summed E-state index contributed by atoms with van der Waals surface area (Å²) in [4.78, 5) is 13.0. The van der Waals surface area contributed by atoms with Gasteiger partial charge in [-0.2, -0.15) is 0 Å². The van der Waals surface area contributed by atoms with Gasteiger partial charge in [-0.1, -0.05) is 247 Å². The van der Waals surface area contributed by atoms with Gasteiger partial charge < -0.3 is 40.3 Å². The zero-order valence-corrected chi connectivity index (χ0v) is 45.0. The van der Waals surface area contributed by atoms with Gasteiger partial charge in [0.05, 0.1) is 25.4 Å². The Kier molecular flexibility index (Phi) is 47.1. The molecule has 1 rings (SSSR count). The van der Waals surface area contributed by atoms with Crippen LogP contribution in [0.3, 0.4) is 0 Å². The average molecular weight is 985 g/mol. The molecule has 1 aliphatic heterocycles. The Morgan fingerprint density at radius 1 is 0.500 bits per heavy atom. The number of ether oxygens (including phenoxy) is 2. The quantitative estimate of drug-likeness (QED) is 0.0261. The molecular weight excluding hydrogens is 875 g/mol. The minimum atomic E-state index is -1.57. The van der Waals surface area contributed by atoms with Gasteiger partial charge >= 0.3 is 0 Å². The van der Waals surface area contributed by atoms with Crippen molar-refractivity contribution in [2.24, 2.45) is 0 Å². The van der Waals surface area contributed by atoms with Crippen molar-refractivity contribution < 1.29 is 39.8 Å². The lowest BCUT2D eigenvalue weighted by atomic mass is 9.99. The van der Waals surface area contributed by atoms with Crippen molar-refractivity contribution in [3.63, 3.8) is 0 Å². The number of carbonyl (C=O) groups is 1. The highest BCUT2D eigenvalue weighted by molar-refractivity contribution is 5.76. The predicted molar refractivity (Wildman–Crippen MR) is 295 cm³/mol. The van der Waals surface area contributed by atoms with Crippen molar-refractivity contribution in [3.8, 4) is 0 Å². The van der Waals surface area contributed by atoms with E-state index in [9.17, 15) is 30.3 Å². The Labute approximate surface area is 429 Å². The lowest BCUT2D eigenvalue weighted by molar-refractivity contribution is -0.302. The Morgan fingerprint density at radius 3 is 1.37 bits per heavy atom. The zero-order chi connectivity index (χ0) is 50.8. The van der Waals surface area contributed by atoms with E-state index < -0.39 is 49.5 Å². The van der Waals surface area contributed by atoms with Crippen molar-refractivity contribution in [3.05, 3.63) is 72.9 Å². The van der Waals surface area contributed by atoms with Crippen LogP contribution in [0.5, 0.6) is 0 Å². The van der Waals surface area contributed by atoms with E-state index in [1.165, 1.54) is 167 Å². The number of rotatable bonds is 49. The second-order valence-corrected chi connectivity index (χ2v) is 20.0. The van der Waals surface area contributed by atoms with Gasteiger partial charge in [0, 0.05) is 6.42 Å². The van der Waals surface area contributed by atoms with Crippen molar-refractivity contribution in [1.82, 2.24) is 5.32 Å².